The molecule has 5 nitrogen and oxygen atoms in total. The van der Waals surface area contributed by atoms with Gasteiger partial charge >= 0.3 is 6.09 Å². The van der Waals surface area contributed by atoms with Gasteiger partial charge in [0.2, 0.25) is 0 Å². The van der Waals surface area contributed by atoms with Crippen LogP contribution in [0.3, 0.4) is 0 Å². The first-order valence-electron chi connectivity index (χ1n) is 5.36. The zero-order valence-electron chi connectivity index (χ0n) is 10.2. The van der Waals surface area contributed by atoms with Crippen molar-refractivity contribution in [1.82, 2.24) is 10.2 Å². The molecule has 94 valence electrons. The van der Waals surface area contributed by atoms with Crippen molar-refractivity contribution in [3.8, 4) is 0 Å². The van der Waals surface area contributed by atoms with Gasteiger partial charge in [-0.25, -0.2) is 4.79 Å². The molecule has 0 bridgehead atoms. The van der Waals surface area contributed by atoms with Crippen LogP contribution >= 0.6 is 12.9 Å². The fraction of sp³-hybridized carbons (Fsp3) is 0.900. The van der Waals surface area contributed by atoms with Crippen LogP contribution in [0.4, 0.5) is 4.79 Å². The normalized spacial score (nSPS) is 26.7. The number of hydrogen-bond donors (Lipinski definition) is 2. The highest BCUT2D eigenvalue weighted by atomic mass is 32.1. The number of nitrogens with zero attached hydrogens (tertiary/aromatic N) is 1. The Morgan fingerprint density at radius 2 is 2.06 bits per heavy atom. The summed E-state index contributed by atoms with van der Waals surface area (Å²) >= 11 is 3.76. The standard InChI is InChI=1S/C10H20N2O3S/c1-7-5-12(6-8(11-7)15-16)9(13)14-10(2,3)4/h7-8,11,16H,5-6H2,1-4H3/t7-,8-/m0/s1. The number of rotatable bonds is 1. The highest BCUT2D eigenvalue weighted by Crippen LogP contribution is 2.13. The van der Waals surface area contributed by atoms with E-state index in [2.05, 4.69) is 18.2 Å². The van der Waals surface area contributed by atoms with Gasteiger partial charge in [-0.1, -0.05) is 0 Å². The van der Waals surface area contributed by atoms with Crippen molar-refractivity contribution in [2.75, 3.05) is 13.1 Å². The molecule has 6 heteroatoms. The summed E-state index contributed by atoms with van der Waals surface area (Å²) in [4.78, 5) is 13.4. The number of nitrogens with one attached hydrogen (secondary N) is 1. The third-order valence-corrected chi connectivity index (χ3v) is 2.38. The number of carbonyl (C=O) groups excluding carboxylic acids is 1. The van der Waals surface area contributed by atoms with Crippen LogP contribution in [0.5, 0.6) is 0 Å². The minimum atomic E-state index is -0.470. The number of ether oxygens (including phenoxy) is 1. The van der Waals surface area contributed by atoms with Crippen LogP contribution in [-0.4, -0.2) is 42.0 Å². The lowest BCUT2D eigenvalue weighted by Gasteiger charge is -2.36. The average molecular weight is 248 g/mol. The Hall–Kier alpha value is -0.460. The molecule has 1 amide bonds. The largest absolute Gasteiger partial charge is 0.444 e. The second-order valence-corrected chi connectivity index (χ2v) is 5.26. The fourth-order valence-electron chi connectivity index (χ4n) is 1.57. The molecule has 0 unspecified atom stereocenters. The number of thiol groups is 1. The zero-order valence-corrected chi connectivity index (χ0v) is 11.1. The molecule has 2 atom stereocenters. The van der Waals surface area contributed by atoms with Crippen LogP contribution < -0.4 is 5.32 Å². The molecule has 0 aromatic carbocycles. The fourth-order valence-corrected chi connectivity index (χ4v) is 1.69. The van der Waals surface area contributed by atoms with E-state index in [0.29, 0.717) is 13.1 Å². The van der Waals surface area contributed by atoms with Crippen molar-refractivity contribution < 1.29 is 13.7 Å². The molecule has 0 aromatic heterocycles. The highest BCUT2D eigenvalue weighted by Gasteiger charge is 2.30. The minimum absolute atomic E-state index is 0.165. The van der Waals surface area contributed by atoms with E-state index in [1.165, 1.54) is 0 Å². The summed E-state index contributed by atoms with van der Waals surface area (Å²) in [7, 11) is 0. The van der Waals surface area contributed by atoms with Gasteiger partial charge in [-0.15, -0.1) is 0 Å². The quantitative estimate of drug-likeness (QED) is 0.544. The predicted molar refractivity (Wildman–Crippen MR) is 64.3 cm³/mol. The molecule has 0 radical (unpaired) electrons. The zero-order chi connectivity index (χ0) is 12.3. The molecule has 1 heterocycles. The first-order valence-corrected chi connectivity index (χ1v) is 5.72. The van der Waals surface area contributed by atoms with Gasteiger partial charge in [0, 0.05) is 12.6 Å². The molecule has 0 aliphatic carbocycles. The van der Waals surface area contributed by atoms with Crippen LogP contribution in [0.25, 0.3) is 0 Å². The van der Waals surface area contributed by atoms with E-state index in [4.69, 9.17) is 8.92 Å². The Labute approximate surface area is 102 Å². The molecule has 0 aromatic rings. The third kappa shape index (κ3) is 4.19. The summed E-state index contributed by atoms with van der Waals surface area (Å²) in [6, 6.07) is 0.165. The van der Waals surface area contributed by atoms with Crippen LogP contribution in [-0.2, 0) is 8.92 Å². The number of carbonyl (C=O) groups is 1. The highest BCUT2D eigenvalue weighted by molar-refractivity contribution is 7.75. The van der Waals surface area contributed by atoms with Crippen LogP contribution in [0.2, 0.25) is 0 Å². The van der Waals surface area contributed by atoms with Crippen molar-refractivity contribution in [3.63, 3.8) is 0 Å². The van der Waals surface area contributed by atoms with Gasteiger partial charge < -0.3 is 9.64 Å². The minimum Gasteiger partial charge on any atom is -0.444 e. The maximum absolute atomic E-state index is 11.8. The van der Waals surface area contributed by atoms with Crippen molar-refractivity contribution in [2.24, 2.45) is 0 Å². The van der Waals surface area contributed by atoms with E-state index < -0.39 is 5.60 Å². The second-order valence-electron chi connectivity index (χ2n) is 5.05. The summed E-state index contributed by atoms with van der Waals surface area (Å²) in [5.41, 5.74) is -0.470. The number of piperazine rings is 1. The molecular weight excluding hydrogens is 228 g/mol. The van der Waals surface area contributed by atoms with Gasteiger partial charge in [-0.05, 0) is 40.6 Å². The average Bonchev–Trinajstić information content (AvgIpc) is 2.14. The Morgan fingerprint density at radius 3 is 2.56 bits per heavy atom. The van der Waals surface area contributed by atoms with Gasteiger partial charge in [-0.2, -0.15) is 0 Å². The summed E-state index contributed by atoms with van der Waals surface area (Å²) in [6.45, 7) is 8.59. The van der Waals surface area contributed by atoms with Crippen molar-refractivity contribution in [3.05, 3.63) is 0 Å². The van der Waals surface area contributed by atoms with Crippen LogP contribution in [0.1, 0.15) is 27.7 Å². The lowest BCUT2D eigenvalue weighted by atomic mass is 10.2. The van der Waals surface area contributed by atoms with Crippen LogP contribution in [0.15, 0.2) is 0 Å². The molecule has 1 aliphatic heterocycles. The van der Waals surface area contributed by atoms with Gasteiger partial charge in [-0.3, -0.25) is 9.50 Å². The SMILES string of the molecule is C[C@H]1CN(C(=O)OC(C)(C)C)C[C@H](OS)N1. The first-order chi connectivity index (χ1) is 7.31. The van der Waals surface area contributed by atoms with Gasteiger partial charge in [0.25, 0.3) is 0 Å². The smallest absolute Gasteiger partial charge is 0.410 e. The van der Waals surface area contributed by atoms with Gasteiger partial charge in [0.15, 0.2) is 0 Å². The van der Waals surface area contributed by atoms with E-state index in [0.717, 1.165) is 0 Å². The monoisotopic (exact) mass is 248 g/mol. The molecule has 0 spiro atoms. The van der Waals surface area contributed by atoms with Gasteiger partial charge in [0.05, 0.1) is 6.54 Å². The lowest BCUT2D eigenvalue weighted by molar-refractivity contribution is 0.00156. The summed E-state index contributed by atoms with van der Waals surface area (Å²) < 4.78 is 10.2. The summed E-state index contributed by atoms with van der Waals surface area (Å²) in [6.07, 6.45) is -0.559. The Kier molecular flexibility index (Phi) is 4.46. The van der Waals surface area contributed by atoms with Crippen LogP contribution in [0, 0.1) is 0 Å². The molecule has 1 fully saturated rings. The Morgan fingerprint density at radius 1 is 1.44 bits per heavy atom. The van der Waals surface area contributed by atoms with Crippen molar-refractivity contribution >= 4 is 19.0 Å². The maximum atomic E-state index is 11.8. The summed E-state index contributed by atoms with van der Waals surface area (Å²) in [5, 5.41) is 3.17. The molecule has 1 aliphatic rings. The number of amides is 1. The molecular formula is C10H20N2O3S. The molecule has 0 saturated carbocycles. The summed E-state index contributed by atoms with van der Waals surface area (Å²) in [5.74, 6) is 0. The molecule has 1 N–H and O–H groups in total. The molecule has 16 heavy (non-hydrogen) atoms. The van der Waals surface area contributed by atoms with E-state index in [1.54, 1.807) is 4.90 Å². The topological polar surface area (TPSA) is 50.8 Å². The molecule has 1 saturated heterocycles. The van der Waals surface area contributed by atoms with E-state index in [9.17, 15) is 4.79 Å². The Balaban J connectivity index is 2.55. The maximum Gasteiger partial charge on any atom is 0.410 e. The predicted octanol–water partition coefficient (Wildman–Crippen LogP) is 1.40. The second kappa shape index (κ2) is 5.25. The first kappa shape index (κ1) is 13.6. The third-order valence-electron chi connectivity index (χ3n) is 2.13. The Bertz CT molecular complexity index is 255. The van der Waals surface area contributed by atoms with Crippen molar-refractivity contribution in [1.29, 1.82) is 0 Å². The van der Waals surface area contributed by atoms with Crippen molar-refractivity contribution in [2.45, 2.75) is 45.6 Å². The van der Waals surface area contributed by atoms with E-state index in [-0.39, 0.29) is 18.4 Å². The lowest BCUT2D eigenvalue weighted by Crippen LogP contribution is -2.57. The number of hydrogen-bond acceptors (Lipinski definition) is 5. The van der Waals surface area contributed by atoms with E-state index in [1.807, 2.05) is 27.7 Å². The van der Waals surface area contributed by atoms with Gasteiger partial charge in [0.1, 0.15) is 11.8 Å². The molecule has 1 rings (SSSR count). The van der Waals surface area contributed by atoms with E-state index >= 15 is 0 Å².